The van der Waals surface area contributed by atoms with Crippen molar-refractivity contribution in [3.05, 3.63) is 36.9 Å². The zero-order chi connectivity index (χ0) is 16.8. The van der Waals surface area contributed by atoms with E-state index in [2.05, 4.69) is 15.4 Å². The SMILES string of the molecule is CN(C[C@H]1COc2ccccc2O1)C(=O)NCCCn1cncn1. The lowest BCUT2D eigenvalue weighted by Crippen LogP contribution is -2.45. The van der Waals surface area contributed by atoms with Crippen LogP contribution in [0.5, 0.6) is 11.5 Å². The predicted molar refractivity (Wildman–Crippen MR) is 87.0 cm³/mol. The van der Waals surface area contributed by atoms with Crippen molar-refractivity contribution in [1.82, 2.24) is 25.0 Å². The summed E-state index contributed by atoms with van der Waals surface area (Å²) in [6, 6.07) is 7.41. The summed E-state index contributed by atoms with van der Waals surface area (Å²) in [5.41, 5.74) is 0. The molecule has 0 saturated heterocycles. The Morgan fingerprint density at radius 2 is 2.25 bits per heavy atom. The van der Waals surface area contributed by atoms with Gasteiger partial charge in [0.25, 0.3) is 0 Å². The second-order valence-electron chi connectivity index (χ2n) is 5.62. The van der Waals surface area contributed by atoms with Gasteiger partial charge in [-0.25, -0.2) is 9.78 Å². The fourth-order valence-corrected chi connectivity index (χ4v) is 2.46. The van der Waals surface area contributed by atoms with Crippen molar-refractivity contribution in [1.29, 1.82) is 0 Å². The number of aryl methyl sites for hydroxylation is 1. The third-order valence-corrected chi connectivity index (χ3v) is 3.70. The first-order chi connectivity index (χ1) is 11.7. The van der Waals surface area contributed by atoms with Crippen molar-refractivity contribution < 1.29 is 14.3 Å². The lowest BCUT2D eigenvalue weighted by molar-refractivity contribution is 0.0716. The molecule has 0 saturated carbocycles. The van der Waals surface area contributed by atoms with E-state index in [1.807, 2.05) is 24.3 Å². The number of ether oxygens (including phenoxy) is 2. The van der Waals surface area contributed by atoms with Gasteiger partial charge in [-0.05, 0) is 18.6 Å². The maximum Gasteiger partial charge on any atom is 0.317 e. The number of para-hydroxylation sites is 2. The van der Waals surface area contributed by atoms with Gasteiger partial charge >= 0.3 is 6.03 Å². The van der Waals surface area contributed by atoms with E-state index in [9.17, 15) is 4.79 Å². The molecular formula is C16H21N5O3. The molecule has 1 N–H and O–H groups in total. The van der Waals surface area contributed by atoms with Crippen LogP contribution in [-0.2, 0) is 6.54 Å². The van der Waals surface area contributed by atoms with Gasteiger partial charge in [-0.3, -0.25) is 4.68 Å². The molecule has 0 fully saturated rings. The number of likely N-dealkylation sites (N-methyl/N-ethyl adjacent to an activating group) is 1. The Balaban J connectivity index is 1.38. The van der Waals surface area contributed by atoms with Gasteiger partial charge in [-0.2, -0.15) is 5.10 Å². The monoisotopic (exact) mass is 331 g/mol. The lowest BCUT2D eigenvalue weighted by Gasteiger charge is -2.29. The zero-order valence-corrected chi connectivity index (χ0v) is 13.6. The van der Waals surface area contributed by atoms with E-state index in [1.165, 1.54) is 6.33 Å². The van der Waals surface area contributed by atoms with Crippen LogP contribution in [0.4, 0.5) is 4.79 Å². The molecule has 1 aliphatic heterocycles. The van der Waals surface area contributed by atoms with Crippen molar-refractivity contribution >= 4 is 6.03 Å². The Hall–Kier alpha value is -2.77. The number of benzene rings is 1. The second-order valence-corrected chi connectivity index (χ2v) is 5.62. The fraction of sp³-hybridized carbons (Fsp3) is 0.438. The number of carbonyl (C=O) groups excluding carboxylic acids is 1. The van der Waals surface area contributed by atoms with Crippen molar-refractivity contribution in [2.24, 2.45) is 0 Å². The highest BCUT2D eigenvalue weighted by Gasteiger charge is 2.23. The summed E-state index contributed by atoms with van der Waals surface area (Å²) in [6.07, 6.45) is 3.77. The summed E-state index contributed by atoms with van der Waals surface area (Å²) in [7, 11) is 1.75. The maximum atomic E-state index is 12.1. The summed E-state index contributed by atoms with van der Waals surface area (Å²) in [5, 5.41) is 6.90. The number of fused-ring (bicyclic) bond motifs is 1. The molecule has 0 unspecified atom stereocenters. The number of aromatic nitrogens is 3. The van der Waals surface area contributed by atoms with Crippen LogP contribution < -0.4 is 14.8 Å². The van der Waals surface area contributed by atoms with E-state index in [1.54, 1.807) is 23.0 Å². The molecule has 128 valence electrons. The third-order valence-electron chi connectivity index (χ3n) is 3.70. The molecule has 0 radical (unpaired) electrons. The highest BCUT2D eigenvalue weighted by atomic mass is 16.6. The van der Waals surface area contributed by atoms with E-state index in [0.29, 0.717) is 19.7 Å². The van der Waals surface area contributed by atoms with Crippen LogP contribution in [0.1, 0.15) is 6.42 Å². The molecule has 8 heteroatoms. The van der Waals surface area contributed by atoms with E-state index in [4.69, 9.17) is 9.47 Å². The minimum absolute atomic E-state index is 0.129. The zero-order valence-electron chi connectivity index (χ0n) is 13.6. The Kier molecular flexibility index (Phi) is 5.15. The molecule has 0 aliphatic carbocycles. The number of urea groups is 1. The number of rotatable bonds is 6. The molecule has 2 aromatic rings. The first-order valence-electron chi connectivity index (χ1n) is 7.92. The standard InChI is InChI=1S/C16H21N5O3/c1-20(16(22)18-7-4-8-21-12-17-11-19-21)9-13-10-23-14-5-2-3-6-15(14)24-13/h2-3,5-6,11-13H,4,7-10H2,1H3,(H,18,22)/t13-/m0/s1. The Labute approximate surface area is 140 Å². The van der Waals surface area contributed by atoms with Gasteiger partial charge in [-0.15, -0.1) is 0 Å². The van der Waals surface area contributed by atoms with Crippen LogP contribution in [-0.4, -0.2) is 58.5 Å². The van der Waals surface area contributed by atoms with Gasteiger partial charge in [-0.1, -0.05) is 12.1 Å². The Morgan fingerprint density at radius 1 is 1.42 bits per heavy atom. The summed E-state index contributed by atoms with van der Waals surface area (Å²) in [5.74, 6) is 1.46. The van der Waals surface area contributed by atoms with Crippen molar-refractivity contribution in [2.45, 2.75) is 19.1 Å². The van der Waals surface area contributed by atoms with Gasteiger partial charge < -0.3 is 19.7 Å². The van der Waals surface area contributed by atoms with Gasteiger partial charge in [0.15, 0.2) is 17.6 Å². The third kappa shape index (κ3) is 4.15. The van der Waals surface area contributed by atoms with Crippen LogP contribution >= 0.6 is 0 Å². The number of hydrogen-bond donors (Lipinski definition) is 1. The van der Waals surface area contributed by atoms with E-state index < -0.39 is 0 Å². The summed E-state index contributed by atoms with van der Waals surface area (Å²) >= 11 is 0. The molecule has 0 bridgehead atoms. The average Bonchev–Trinajstić information content (AvgIpc) is 3.12. The Bertz CT molecular complexity index is 661. The fourth-order valence-electron chi connectivity index (χ4n) is 2.46. The summed E-state index contributed by atoms with van der Waals surface area (Å²) in [4.78, 5) is 17.6. The second kappa shape index (κ2) is 7.67. The molecule has 1 aliphatic rings. The number of nitrogens with one attached hydrogen (secondary N) is 1. The molecule has 1 aromatic heterocycles. The van der Waals surface area contributed by atoms with Gasteiger partial charge in [0.2, 0.25) is 0 Å². The Morgan fingerprint density at radius 3 is 3.04 bits per heavy atom. The maximum absolute atomic E-state index is 12.1. The number of amides is 2. The topological polar surface area (TPSA) is 81.5 Å². The molecule has 8 nitrogen and oxygen atoms in total. The van der Waals surface area contributed by atoms with Gasteiger partial charge in [0.05, 0.1) is 6.54 Å². The molecule has 1 atom stereocenters. The predicted octanol–water partition coefficient (Wildman–Crippen LogP) is 1.15. The first-order valence-corrected chi connectivity index (χ1v) is 7.92. The highest BCUT2D eigenvalue weighted by molar-refractivity contribution is 5.73. The molecule has 0 spiro atoms. The minimum atomic E-state index is -0.175. The molecule has 3 rings (SSSR count). The normalized spacial score (nSPS) is 15.8. The van der Waals surface area contributed by atoms with E-state index >= 15 is 0 Å². The minimum Gasteiger partial charge on any atom is -0.486 e. The summed E-state index contributed by atoms with van der Waals surface area (Å²) < 4.78 is 13.3. The molecule has 2 amide bonds. The molecule has 2 heterocycles. The molecular weight excluding hydrogens is 310 g/mol. The largest absolute Gasteiger partial charge is 0.486 e. The first kappa shape index (κ1) is 16.1. The number of carbonyl (C=O) groups is 1. The number of hydrogen-bond acceptors (Lipinski definition) is 5. The van der Waals surface area contributed by atoms with E-state index in [-0.39, 0.29) is 12.1 Å². The highest BCUT2D eigenvalue weighted by Crippen LogP contribution is 2.30. The van der Waals surface area contributed by atoms with Crippen molar-refractivity contribution in [2.75, 3.05) is 26.7 Å². The molecule has 24 heavy (non-hydrogen) atoms. The summed E-state index contributed by atoms with van der Waals surface area (Å²) in [6.45, 7) is 2.19. The van der Waals surface area contributed by atoms with Crippen LogP contribution in [0.2, 0.25) is 0 Å². The van der Waals surface area contributed by atoms with Crippen LogP contribution in [0.25, 0.3) is 0 Å². The van der Waals surface area contributed by atoms with Crippen molar-refractivity contribution in [3.63, 3.8) is 0 Å². The number of nitrogens with zero attached hydrogens (tertiary/aromatic N) is 4. The van der Waals surface area contributed by atoms with Crippen molar-refractivity contribution in [3.8, 4) is 11.5 Å². The lowest BCUT2D eigenvalue weighted by atomic mass is 10.2. The van der Waals surface area contributed by atoms with Gasteiger partial charge in [0.1, 0.15) is 19.3 Å². The van der Waals surface area contributed by atoms with Crippen LogP contribution in [0.3, 0.4) is 0 Å². The van der Waals surface area contributed by atoms with Crippen LogP contribution in [0.15, 0.2) is 36.9 Å². The van der Waals surface area contributed by atoms with E-state index in [0.717, 1.165) is 24.5 Å². The molecule has 1 aromatic carbocycles. The quantitative estimate of drug-likeness (QED) is 0.803. The van der Waals surface area contributed by atoms with Gasteiger partial charge in [0, 0.05) is 20.1 Å². The van der Waals surface area contributed by atoms with Crippen LogP contribution in [0, 0.1) is 0 Å². The average molecular weight is 331 g/mol. The smallest absolute Gasteiger partial charge is 0.317 e.